The van der Waals surface area contributed by atoms with Gasteiger partial charge < -0.3 is 20.8 Å². The normalized spacial score (nSPS) is 16.2. The van der Waals surface area contributed by atoms with E-state index in [1.165, 1.54) is 0 Å². The molecule has 0 saturated heterocycles. The lowest BCUT2D eigenvalue weighted by atomic mass is 10.0. The highest BCUT2D eigenvalue weighted by Gasteiger charge is 2.41. The van der Waals surface area contributed by atoms with Crippen LogP contribution in [0.3, 0.4) is 0 Å². The highest BCUT2D eigenvalue weighted by Crippen LogP contribution is 2.47. The van der Waals surface area contributed by atoms with Crippen molar-refractivity contribution >= 4 is 12.0 Å². The Labute approximate surface area is 142 Å². The van der Waals surface area contributed by atoms with Gasteiger partial charge in [0.1, 0.15) is 0 Å². The van der Waals surface area contributed by atoms with E-state index in [9.17, 15) is 14.7 Å². The summed E-state index contributed by atoms with van der Waals surface area (Å²) in [7, 11) is 0. The van der Waals surface area contributed by atoms with E-state index in [1.807, 2.05) is 30.3 Å². The molecular weight excluding hydrogens is 308 g/mol. The van der Waals surface area contributed by atoms with Crippen LogP contribution in [0, 0.1) is 5.41 Å². The van der Waals surface area contributed by atoms with Gasteiger partial charge in [0.2, 0.25) is 0 Å². The van der Waals surface area contributed by atoms with Crippen molar-refractivity contribution in [2.45, 2.75) is 44.6 Å². The fraction of sp³-hybridized carbons (Fsp3) is 0.556. The van der Waals surface area contributed by atoms with Crippen LogP contribution in [0.15, 0.2) is 30.3 Å². The number of aliphatic carboxylic acids is 1. The van der Waals surface area contributed by atoms with Crippen molar-refractivity contribution in [2.24, 2.45) is 5.41 Å². The van der Waals surface area contributed by atoms with Gasteiger partial charge in [-0.25, -0.2) is 4.79 Å². The molecule has 0 bridgehead atoms. The smallest absolute Gasteiger partial charge is 0.315 e. The average Bonchev–Trinajstić information content (AvgIpc) is 3.34. The molecule has 1 aliphatic carbocycles. The number of carbonyl (C=O) groups is 2. The molecule has 1 aromatic carbocycles. The Morgan fingerprint density at radius 3 is 2.50 bits per heavy atom. The Morgan fingerprint density at radius 2 is 1.92 bits per heavy atom. The number of aliphatic hydroxyl groups excluding tert-OH is 1. The molecule has 0 spiro atoms. The van der Waals surface area contributed by atoms with Gasteiger partial charge in [-0.1, -0.05) is 30.3 Å². The summed E-state index contributed by atoms with van der Waals surface area (Å²) in [4.78, 5) is 22.9. The van der Waals surface area contributed by atoms with E-state index in [2.05, 4.69) is 10.6 Å². The number of amides is 2. The predicted octanol–water partition coefficient (Wildman–Crippen LogP) is 1.92. The van der Waals surface area contributed by atoms with Gasteiger partial charge in [0, 0.05) is 25.6 Å². The molecule has 6 heteroatoms. The van der Waals surface area contributed by atoms with Crippen LogP contribution in [0.4, 0.5) is 4.79 Å². The van der Waals surface area contributed by atoms with Crippen molar-refractivity contribution in [1.29, 1.82) is 0 Å². The first-order valence-corrected chi connectivity index (χ1v) is 8.44. The predicted molar refractivity (Wildman–Crippen MR) is 90.7 cm³/mol. The summed E-state index contributed by atoms with van der Waals surface area (Å²) >= 11 is 0. The first kappa shape index (κ1) is 18.3. The zero-order chi connectivity index (χ0) is 17.4. The van der Waals surface area contributed by atoms with Gasteiger partial charge in [-0.15, -0.1) is 0 Å². The molecule has 4 N–H and O–H groups in total. The maximum Gasteiger partial charge on any atom is 0.315 e. The lowest BCUT2D eigenvalue weighted by Crippen LogP contribution is -2.44. The van der Waals surface area contributed by atoms with E-state index in [4.69, 9.17) is 5.11 Å². The van der Waals surface area contributed by atoms with Crippen molar-refractivity contribution in [2.75, 3.05) is 13.2 Å². The molecule has 1 atom stereocenters. The minimum Gasteiger partial charge on any atom is -0.481 e. The summed E-state index contributed by atoms with van der Waals surface area (Å²) in [6.45, 7) is 0.689. The number of hydrogen-bond donors (Lipinski definition) is 4. The molecule has 2 amide bonds. The van der Waals surface area contributed by atoms with E-state index < -0.39 is 5.97 Å². The fourth-order valence-corrected chi connectivity index (χ4v) is 2.76. The zero-order valence-corrected chi connectivity index (χ0v) is 13.8. The second kappa shape index (κ2) is 8.68. The SMILES string of the molecule is O=C(O)CCC(Cc1ccccc1)NC(=O)NCCC1(CO)CC1. The Bertz CT molecular complexity index is 543. The minimum absolute atomic E-state index is 0.0139. The number of carbonyl (C=O) groups excluding carboxylic acids is 1. The summed E-state index contributed by atoms with van der Waals surface area (Å²) in [5.74, 6) is -0.867. The molecule has 2 rings (SSSR count). The summed E-state index contributed by atoms with van der Waals surface area (Å²) in [6.07, 6.45) is 3.81. The Morgan fingerprint density at radius 1 is 1.21 bits per heavy atom. The van der Waals surface area contributed by atoms with Crippen molar-refractivity contribution in [3.63, 3.8) is 0 Å². The molecule has 1 aliphatic rings. The Balaban J connectivity index is 1.79. The van der Waals surface area contributed by atoms with Crippen LogP contribution in [0.5, 0.6) is 0 Å². The second-order valence-electron chi connectivity index (χ2n) is 6.63. The van der Waals surface area contributed by atoms with E-state index >= 15 is 0 Å². The summed E-state index contributed by atoms with van der Waals surface area (Å²) < 4.78 is 0. The van der Waals surface area contributed by atoms with Gasteiger partial charge >= 0.3 is 12.0 Å². The highest BCUT2D eigenvalue weighted by atomic mass is 16.4. The molecule has 132 valence electrons. The van der Waals surface area contributed by atoms with Gasteiger partial charge in [0.05, 0.1) is 0 Å². The summed E-state index contributed by atoms with van der Waals surface area (Å²) in [5, 5.41) is 23.8. The molecular formula is C18H26N2O4. The van der Waals surface area contributed by atoms with Gasteiger partial charge in [0.15, 0.2) is 0 Å². The third kappa shape index (κ3) is 6.20. The van der Waals surface area contributed by atoms with E-state index in [1.54, 1.807) is 0 Å². The molecule has 1 fully saturated rings. The maximum atomic E-state index is 12.1. The summed E-state index contributed by atoms with van der Waals surface area (Å²) in [6, 6.07) is 9.19. The first-order chi connectivity index (χ1) is 11.5. The Hall–Kier alpha value is -2.08. The lowest BCUT2D eigenvalue weighted by Gasteiger charge is -2.19. The number of nitrogens with one attached hydrogen (secondary N) is 2. The molecule has 6 nitrogen and oxygen atoms in total. The van der Waals surface area contributed by atoms with Crippen LogP contribution in [0.25, 0.3) is 0 Å². The Kier molecular flexibility index (Phi) is 6.61. The fourth-order valence-electron chi connectivity index (χ4n) is 2.76. The zero-order valence-electron chi connectivity index (χ0n) is 13.8. The monoisotopic (exact) mass is 334 g/mol. The van der Waals surface area contributed by atoms with Crippen molar-refractivity contribution in [3.8, 4) is 0 Å². The van der Waals surface area contributed by atoms with Crippen LogP contribution in [-0.2, 0) is 11.2 Å². The number of benzene rings is 1. The highest BCUT2D eigenvalue weighted by molar-refractivity contribution is 5.74. The molecule has 1 aromatic rings. The third-order valence-corrected chi connectivity index (χ3v) is 4.60. The summed E-state index contributed by atoms with van der Waals surface area (Å²) in [5.41, 5.74) is 1.07. The maximum absolute atomic E-state index is 12.1. The van der Waals surface area contributed by atoms with Crippen molar-refractivity contribution in [1.82, 2.24) is 10.6 Å². The van der Waals surface area contributed by atoms with Gasteiger partial charge in [-0.3, -0.25) is 4.79 Å². The topological polar surface area (TPSA) is 98.7 Å². The second-order valence-corrected chi connectivity index (χ2v) is 6.63. The molecule has 0 radical (unpaired) electrons. The lowest BCUT2D eigenvalue weighted by molar-refractivity contribution is -0.137. The van der Waals surface area contributed by atoms with Crippen LogP contribution in [0.1, 0.15) is 37.7 Å². The number of aliphatic hydroxyl groups is 1. The van der Waals surface area contributed by atoms with E-state index in [-0.39, 0.29) is 30.5 Å². The van der Waals surface area contributed by atoms with Crippen LogP contribution >= 0.6 is 0 Å². The van der Waals surface area contributed by atoms with Gasteiger partial charge in [0.25, 0.3) is 0 Å². The van der Waals surface area contributed by atoms with Crippen LogP contribution in [0.2, 0.25) is 0 Å². The minimum atomic E-state index is -0.867. The van der Waals surface area contributed by atoms with E-state index in [0.717, 1.165) is 24.8 Å². The molecule has 1 saturated carbocycles. The van der Waals surface area contributed by atoms with Crippen LogP contribution in [-0.4, -0.2) is 41.4 Å². The molecule has 24 heavy (non-hydrogen) atoms. The standard InChI is InChI=1S/C18H26N2O4/c21-13-18(8-9-18)10-11-19-17(24)20-15(6-7-16(22)23)12-14-4-2-1-3-5-14/h1-5,15,21H,6-13H2,(H,22,23)(H2,19,20,24). The van der Waals surface area contributed by atoms with Gasteiger partial charge in [-0.2, -0.15) is 0 Å². The number of urea groups is 1. The van der Waals surface area contributed by atoms with E-state index in [0.29, 0.717) is 19.4 Å². The number of rotatable bonds is 10. The molecule has 0 aromatic heterocycles. The quantitative estimate of drug-likeness (QED) is 0.525. The van der Waals surface area contributed by atoms with Crippen LogP contribution < -0.4 is 10.6 Å². The molecule has 0 heterocycles. The first-order valence-electron chi connectivity index (χ1n) is 8.44. The molecule has 0 aliphatic heterocycles. The van der Waals surface area contributed by atoms with Gasteiger partial charge in [-0.05, 0) is 43.1 Å². The molecule has 1 unspecified atom stereocenters. The van der Waals surface area contributed by atoms with Crippen molar-refractivity contribution < 1.29 is 19.8 Å². The number of hydrogen-bond acceptors (Lipinski definition) is 3. The largest absolute Gasteiger partial charge is 0.481 e. The van der Waals surface area contributed by atoms with Crippen molar-refractivity contribution in [3.05, 3.63) is 35.9 Å². The average molecular weight is 334 g/mol. The number of carboxylic acids is 1. The number of carboxylic acid groups (broad SMARTS) is 1. The third-order valence-electron chi connectivity index (χ3n) is 4.60.